The van der Waals surface area contributed by atoms with Gasteiger partial charge in [0.2, 0.25) is 0 Å². The van der Waals surface area contributed by atoms with Crippen LogP contribution in [0, 0.1) is 0 Å². The first-order valence-electron chi connectivity index (χ1n) is 8.57. The molecule has 0 bridgehead atoms. The minimum absolute atomic E-state index is 0.220. The lowest BCUT2D eigenvalue weighted by Crippen LogP contribution is -2.36. The molecule has 1 aromatic carbocycles. The van der Waals surface area contributed by atoms with Gasteiger partial charge in [0.25, 0.3) is 0 Å². The highest BCUT2D eigenvalue weighted by molar-refractivity contribution is 5.29. The maximum Gasteiger partial charge on any atom is 0.0470 e. The molecule has 2 heteroatoms. The molecule has 1 aromatic rings. The van der Waals surface area contributed by atoms with Crippen LogP contribution in [-0.2, 0) is 5.41 Å². The molecule has 1 aliphatic rings. The molecule has 118 valence electrons. The van der Waals surface area contributed by atoms with E-state index >= 15 is 0 Å². The van der Waals surface area contributed by atoms with Crippen molar-refractivity contribution in [3.05, 3.63) is 35.4 Å². The highest BCUT2D eigenvalue weighted by Crippen LogP contribution is 2.27. The Balaban J connectivity index is 2.12. The van der Waals surface area contributed by atoms with E-state index in [9.17, 15) is 0 Å². The second kappa shape index (κ2) is 7.42. The lowest BCUT2D eigenvalue weighted by molar-refractivity contribution is 0.183. The van der Waals surface area contributed by atoms with Crippen LogP contribution < -0.4 is 5.73 Å². The van der Waals surface area contributed by atoms with E-state index in [1.807, 2.05) is 0 Å². The summed E-state index contributed by atoms with van der Waals surface area (Å²) in [5, 5.41) is 0. The van der Waals surface area contributed by atoms with Gasteiger partial charge in [0, 0.05) is 12.6 Å². The van der Waals surface area contributed by atoms with Crippen molar-refractivity contribution in [2.75, 3.05) is 19.6 Å². The third-order valence-electron chi connectivity index (χ3n) is 4.72. The van der Waals surface area contributed by atoms with E-state index in [2.05, 4.69) is 49.9 Å². The smallest absolute Gasteiger partial charge is 0.0470 e. The summed E-state index contributed by atoms with van der Waals surface area (Å²) in [4.78, 5) is 2.60. The maximum absolute atomic E-state index is 6.11. The van der Waals surface area contributed by atoms with E-state index in [0.717, 1.165) is 6.54 Å². The number of likely N-dealkylation sites (tertiary alicyclic amines) is 1. The van der Waals surface area contributed by atoms with Gasteiger partial charge in [-0.3, -0.25) is 4.90 Å². The minimum Gasteiger partial charge on any atom is -0.329 e. The van der Waals surface area contributed by atoms with Crippen LogP contribution >= 0.6 is 0 Å². The van der Waals surface area contributed by atoms with E-state index in [0.29, 0.717) is 6.04 Å². The average Bonchev–Trinajstić information content (AvgIpc) is 2.41. The van der Waals surface area contributed by atoms with Gasteiger partial charge in [0.1, 0.15) is 0 Å². The number of nitrogens with zero attached hydrogens (tertiary/aromatic N) is 1. The molecule has 2 N–H and O–H groups in total. The van der Waals surface area contributed by atoms with Crippen LogP contribution in [0.2, 0.25) is 0 Å². The monoisotopic (exact) mass is 288 g/mol. The lowest BCUT2D eigenvalue weighted by Gasteiger charge is -2.33. The van der Waals surface area contributed by atoms with Gasteiger partial charge >= 0.3 is 0 Å². The molecule has 0 aromatic heterocycles. The van der Waals surface area contributed by atoms with E-state index in [1.54, 1.807) is 0 Å². The number of benzene rings is 1. The molecular weight excluding hydrogens is 256 g/mol. The van der Waals surface area contributed by atoms with Gasteiger partial charge < -0.3 is 5.73 Å². The molecule has 2 rings (SSSR count). The number of nitrogens with two attached hydrogens (primary N) is 1. The predicted octanol–water partition coefficient (Wildman–Crippen LogP) is 4.25. The summed E-state index contributed by atoms with van der Waals surface area (Å²) in [6, 6.07) is 9.52. The fraction of sp³-hybridized carbons (Fsp3) is 0.684. The molecule has 1 aliphatic heterocycles. The van der Waals surface area contributed by atoms with Gasteiger partial charge in [-0.15, -0.1) is 0 Å². The third-order valence-corrected chi connectivity index (χ3v) is 4.72. The molecule has 1 unspecified atom stereocenters. The zero-order valence-corrected chi connectivity index (χ0v) is 14.1. The summed E-state index contributed by atoms with van der Waals surface area (Å²) >= 11 is 0. The van der Waals surface area contributed by atoms with E-state index in [4.69, 9.17) is 5.73 Å². The Bertz CT molecular complexity index is 408. The largest absolute Gasteiger partial charge is 0.329 e. The maximum atomic E-state index is 6.11. The highest BCUT2D eigenvalue weighted by Gasteiger charge is 2.20. The first-order valence-corrected chi connectivity index (χ1v) is 8.57. The molecule has 1 heterocycles. The van der Waals surface area contributed by atoms with Gasteiger partial charge in [-0.05, 0) is 42.5 Å². The number of rotatable bonds is 3. The Morgan fingerprint density at radius 3 is 1.95 bits per heavy atom. The molecule has 0 aliphatic carbocycles. The zero-order chi connectivity index (χ0) is 15.3. The third kappa shape index (κ3) is 4.55. The number of hydrogen-bond acceptors (Lipinski definition) is 2. The summed E-state index contributed by atoms with van der Waals surface area (Å²) in [5.41, 5.74) is 9.11. The molecular formula is C19H32N2. The molecule has 0 amide bonds. The fourth-order valence-corrected chi connectivity index (χ4v) is 3.28. The molecule has 21 heavy (non-hydrogen) atoms. The fourth-order valence-electron chi connectivity index (χ4n) is 3.28. The van der Waals surface area contributed by atoms with Crippen molar-refractivity contribution in [3.8, 4) is 0 Å². The van der Waals surface area contributed by atoms with Gasteiger partial charge in [-0.2, -0.15) is 0 Å². The Hall–Kier alpha value is -0.860. The lowest BCUT2D eigenvalue weighted by atomic mass is 9.86. The second-order valence-corrected chi connectivity index (χ2v) is 7.43. The first kappa shape index (κ1) is 16.5. The summed E-state index contributed by atoms with van der Waals surface area (Å²) in [5.74, 6) is 0. The Morgan fingerprint density at radius 2 is 1.48 bits per heavy atom. The quantitative estimate of drug-likeness (QED) is 0.901. The summed E-state index contributed by atoms with van der Waals surface area (Å²) in [7, 11) is 0. The Labute approximate surface area is 130 Å². The molecule has 0 radical (unpaired) electrons. The van der Waals surface area contributed by atoms with Crippen LogP contribution in [0.5, 0.6) is 0 Å². The van der Waals surface area contributed by atoms with Crippen LogP contribution in [0.1, 0.15) is 70.0 Å². The SMILES string of the molecule is CC(C)(C)c1ccc(C(CN)N2CCCCCCC2)cc1. The van der Waals surface area contributed by atoms with Crippen molar-refractivity contribution in [1.29, 1.82) is 0 Å². The molecule has 1 fully saturated rings. The predicted molar refractivity (Wildman–Crippen MR) is 91.6 cm³/mol. The van der Waals surface area contributed by atoms with Gasteiger partial charge in [0.15, 0.2) is 0 Å². The van der Waals surface area contributed by atoms with Gasteiger partial charge in [-0.1, -0.05) is 64.3 Å². The van der Waals surface area contributed by atoms with Crippen molar-refractivity contribution in [1.82, 2.24) is 4.90 Å². The van der Waals surface area contributed by atoms with E-state index in [1.165, 1.54) is 56.3 Å². The van der Waals surface area contributed by atoms with Crippen LogP contribution in [-0.4, -0.2) is 24.5 Å². The Morgan fingerprint density at radius 1 is 0.952 bits per heavy atom. The van der Waals surface area contributed by atoms with Crippen molar-refractivity contribution < 1.29 is 0 Å². The molecule has 2 nitrogen and oxygen atoms in total. The van der Waals surface area contributed by atoms with Crippen LogP contribution in [0.4, 0.5) is 0 Å². The van der Waals surface area contributed by atoms with Crippen molar-refractivity contribution in [2.45, 2.75) is 64.3 Å². The van der Waals surface area contributed by atoms with Gasteiger partial charge in [-0.25, -0.2) is 0 Å². The molecule has 1 saturated heterocycles. The van der Waals surface area contributed by atoms with Crippen LogP contribution in [0.3, 0.4) is 0 Å². The molecule has 0 saturated carbocycles. The standard InChI is InChI=1S/C19H32N2/c1-19(2,3)17-11-9-16(10-12-17)18(15-20)21-13-7-5-4-6-8-14-21/h9-12,18H,4-8,13-15,20H2,1-3H3. The molecule has 1 atom stereocenters. The normalized spacial score (nSPS) is 19.8. The first-order chi connectivity index (χ1) is 10.0. The van der Waals surface area contributed by atoms with E-state index < -0.39 is 0 Å². The van der Waals surface area contributed by atoms with Crippen molar-refractivity contribution in [2.24, 2.45) is 5.73 Å². The highest BCUT2D eigenvalue weighted by atomic mass is 15.2. The topological polar surface area (TPSA) is 29.3 Å². The van der Waals surface area contributed by atoms with E-state index in [-0.39, 0.29) is 5.41 Å². The van der Waals surface area contributed by atoms with Crippen molar-refractivity contribution in [3.63, 3.8) is 0 Å². The van der Waals surface area contributed by atoms with Crippen LogP contribution in [0.15, 0.2) is 24.3 Å². The molecule has 0 spiro atoms. The number of hydrogen-bond donors (Lipinski definition) is 1. The minimum atomic E-state index is 0.220. The summed E-state index contributed by atoms with van der Waals surface area (Å²) < 4.78 is 0. The van der Waals surface area contributed by atoms with Crippen molar-refractivity contribution >= 4 is 0 Å². The summed E-state index contributed by atoms with van der Waals surface area (Å²) in [6.45, 7) is 9.91. The Kier molecular flexibility index (Phi) is 5.83. The summed E-state index contributed by atoms with van der Waals surface area (Å²) in [6.07, 6.45) is 6.78. The van der Waals surface area contributed by atoms with Crippen LogP contribution in [0.25, 0.3) is 0 Å². The second-order valence-electron chi connectivity index (χ2n) is 7.43. The average molecular weight is 288 g/mol. The van der Waals surface area contributed by atoms with Gasteiger partial charge in [0.05, 0.1) is 0 Å². The zero-order valence-electron chi connectivity index (χ0n) is 14.1.